The highest BCUT2D eigenvalue weighted by molar-refractivity contribution is 5.91. The smallest absolute Gasteiger partial charge is 0.407 e. The van der Waals surface area contributed by atoms with Gasteiger partial charge in [-0.05, 0) is 63.9 Å². The van der Waals surface area contributed by atoms with Crippen molar-refractivity contribution in [3.63, 3.8) is 0 Å². The van der Waals surface area contributed by atoms with E-state index in [0.717, 1.165) is 16.7 Å². The third-order valence-electron chi connectivity index (χ3n) is 4.44. The fraction of sp³-hybridized carbons (Fsp3) is 0.400. The molecule has 0 aliphatic carbocycles. The van der Waals surface area contributed by atoms with Crippen LogP contribution in [0.1, 0.15) is 43.9 Å². The number of nitrogens with one attached hydrogen (secondary N) is 3. The average molecular weight is 456 g/mol. The summed E-state index contributed by atoms with van der Waals surface area (Å²) < 4.78 is 10.7. The van der Waals surface area contributed by atoms with Crippen molar-refractivity contribution in [2.75, 3.05) is 18.5 Å². The normalized spacial score (nSPS) is 10.8. The van der Waals surface area contributed by atoms with Crippen LogP contribution in [0.3, 0.4) is 0 Å². The first-order chi connectivity index (χ1) is 15.5. The molecule has 3 amide bonds. The van der Waals surface area contributed by atoms with Crippen molar-refractivity contribution >= 4 is 23.6 Å². The van der Waals surface area contributed by atoms with Gasteiger partial charge in [-0.25, -0.2) is 4.79 Å². The number of alkyl carbamates (subject to hydrolysis) is 1. The standard InChI is InChI=1S/C25H33N3O5/c1-17-6-11-21(18(2)14-17)32-16-23(30)28-20-9-7-19(8-10-20)15-27-22(29)12-13-26-24(31)33-25(3,4)5/h6-11,14H,12-13,15-16H2,1-5H3,(H,26,31)(H,27,29)(H,28,30). The molecule has 2 aromatic rings. The number of rotatable bonds is 9. The van der Waals surface area contributed by atoms with E-state index in [1.807, 2.05) is 44.2 Å². The predicted octanol–water partition coefficient (Wildman–Crippen LogP) is 3.85. The number of hydrogen-bond donors (Lipinski definition) is 3. The molecule has 0 aliphatic rings. The summed E-state index contributed by atoms with van der Waals surface area (Å²) in [6.07, 6.45) is -0.402. The van der Waals surface area contributed by atoms with Crippen LogP contribution in [-0.2, 0) is 20.9 Å². The molecule has 0 aromatic heterocycles. The van der Waals surface area contributed by atoms with Crippen LogP contribution < -0.4 is 20.7 Å². The summed E-state index contributed by atoms with van der Waals surface area (Å²) in [6, 6.07) is 13.0. The molecule has 0 atom stereocenters. The van der Waals surface area contributed by atoms with E-state index in [0.29, 0.717) is 18.0 Å². The summed E-state index contributed by atoms with van der Waals surface area (Å²) >= 11 is 0. The van der Waals surface area contributed by atoms with Gasteiger partial charge in [0.25, 0.3) is 5.91 Å². The molecule has 0 radical (unpaired) electrons. The van der Waals surface area contributed by atoms with E-state index in [1.54, 1.807) is 32.9 Å². The minimum Gasteiger partial charge on any atom is -0.483 e. The summed E-state index contributed by atoms with van der Waals surface area (Å²) in [5.74, 6) is 0.239. The first kappa shape index (κ1) is 25.7. The van der Waals surface area contributed by atoms with Crippen LogP contribution in [0.2, 0.25) is 0 Å². The zero-order chi connectivity index (χ0) is 24.4. The van der Waals surface area contributed by atoms with Crippen molar-refractivity contribution < 1.29 is 23.9 Å². The van der Waals surface area contributed by atoms with Gasteiger partial charge in [-0.2, -0.15) is 0 Å². The molecule has 33 heavy (non-hydrogen) atoms. The Morgan fingerprint density at radius 2 is 1.61 bits per heavy atom. The SMILES string of the molecule is Cc1ccc(OCC(=O)Nc2ccc(CNC(=O)CCNC(=O)OC(C)(C)C)cc2)c(C)c1. The number of hydrogen-bond acceptors (Lipinski definition) is 5. The Labute approximate surface area is 195 Å². The minimum atomic E-state index is -0.578. The average Bonchev–Trinajstić information content (AvgIpc) is 2.71. The van der Waals surface area contributed by atoms with Gasteiger partial charge in [0.2, 0.25) is 5.91 Å². The van der Waals surface area contributed by atoms with Crippen molar-refractivity contribution in [3.8, 4) is 5.75 Å². The van der Waals surface area contributed by atoms with Gasteiger partial charge in [-0.3, -0.25) is 9.59 Å². The molecule has 0 aliphatic heterocycles. The molecule has 0 saturated carbocycles. The molecule has 0 spiro atoms. The van der Waals surface area contributed by atoms with Gasteiger partial charge in [0, 0.05) is 25.2 Å². The molecule has 0 unspecified atom stereocenters. The van der Waals surface area contributed by atoms with E-state index in [4.69, 9.17) is 9.47 Å². The van der Waals surface area contributed by atoms with Crippen LogP contribution in [0.15, 0.2) is 42.5 Å². The van der Waals surface area contributed by atoms with Gasteiger partial charge in [0.15, 0.2) is 6.61 Å². The van der Waals surface area contributed by atoms with Crippen molar-refractivity contribution in [3.05, 3.63) is 59.2 Å². The zero-order valence-corrected chi connectivity index (χ0v) is 19.9. The van der Waals surface area contributed by atoms with E-state index < -0.39 is 11.7 Å². The summed E-state index contributed by atoms with van der Waals surface area (Å²) in [5, 5.41) is 8.12. The Bertz CT molecular complexity index is 965. The second kappa shape index (κ2) is 11.9. The lowest BCUT2D eigenvalue weighted by atomic mass is 10.1. The Morgan fingerprint density at radius 1 is 0.909 bits per heavy atom. The molecule has 178 valence electrons. The second-order valence-corrected chi connectivity index (χ2v) is 8.76. The highest BCUT2D eigenvalue weighted by Gasteiger charge is 2.15. The Morgan fingerprint density at radius 3 is 2.24 bits per heavy atom. The number of aryl methyl sites for hydroxylation is 2. The van der Waals surface area contributed by atoms with Crippen LogP contribution in [0.4, 0.5) is 10.5 Å². The summed E-state index contributed by atoms with van der Waals surface area (Å²) in [6.45, 7) is 9.71. The predicted molar refractivity (Wildman–Crippen MR) is 127 cm³/mol. The Balaban J connectivity index is 1.69. The Kier molecular flexibility index (Phi) is 9.27. The first-order valence-corrected chi connectivity index (χ1v) is 10.8. The van der Waals surface area contributed by atoms with Crippen molar-refractivity contribution in [1.29, 1.82) is 0 Å². The van der Waals surface area contributed by atoms with Crippen molar-refractivity contribution in [2.45, 2.75) is 53.2 Å². The molecule has 2 rings (SSSR count). The molecule has 8 heteroatoms. The maximum atomic E-state index is 12.2. The van der Waals surface area contributed by atoms with E-state index >= 15 is 0 Å². The van der Waals surface area contributed by atoms with E-state index in [9.17, 15) is 14.4 Å². The number of amides is 3. The van der Waals surface area contributed by atoms with Crippen LogP contribution in [0.5, 0.6) is 5.75 Å². The third-order valence-corrected chi connectivity index (χ3v) is 4.44. The maximum absolute atomic E-state index is 12.2. The topological polar surface area (TPSA) is 106 Å². The number of benzene rings is 2. The molecule has 0 heterocycles. The summed E-state index contributed by atoms with van der Waals surface area (Å²) in [7, 11) is 0. The number of anilines is 1. The van der Waals surface area contributed by atoms with Crippen LogP contribution in [0, 0.1) is 13.8 Å². The zero-order valence-electron chi connectivity index (χ0n) is 19.9. The summed E-state index contributed by atoms with van der Waals surface area (Å²) in [5.41, 5.74) is 3.06. The fourth-order valence-corrected chi connectivity index (χ4v) is 2.89. The van der Waals surface area contributed by atoms with Crippen LogP contribution in [-0.4, -0.2) is 36.7 Å². The van der Waals surface area contributed by atoms with Crippen LogP contribution in [0.25, 0.3) is 0 Å². The van der Waals surface area contributed by atoms with Crippen molar-refractivity contribution in [2.24, 2.45) is 0 Å². The molecule has 3 N–H and O–H groups in total. The molecular weight excluding hydrogens is 422 g/mol. The fourth-order valence-electron chi connectivity index (χ4n) is 2.89. The van der Waals surface area contributed by atoms with Gasteiger partial charge < -0.3 is 25.4 Å². The van der Waals surface area contributed by atoms with Crippen molar-refractivity contribution in [1.82, 2.24) is 10.6 Å². The minimum absolute atomic E-state index is 0.0843. The molecule has 0 fully saturated rings. The molecule has 0 bridgehead atoms. The molecule has 8 nitrogen and oxygen atoms in total. The van der Waals surface area contributed by atoms with E-state index in [-0.39, 0.29) is 31.4 Å². The van der Waals surface area contributed by atoms with E-state index in [1.165, 1.54) is 0 Å². The lowest BCUT2D eigenvalue weighted by molar-refractivity contribution is -0.121. The van der Waals surface area contributed by atoms with Crippen LogP contribution >= 0.6 is 0 Å². The maximum Gasteiger partial charge on any atom is 0.407 e. The first-order valence-electron chi connectivity index (χ1n) is 10.8. The highest BCUT2D eigenvalue weighted by Crippen LogP contribution is 2.18. The number of carbonyl (C=O) groups is 3. The van der Waals surface area contributed by atoms with Gasteiger partial charge >= 0.3 is 6.09 Å². The lowest BCUT2D eigenvalue weighted by Crippen LogP contribution is -2.35. The molecule has 0 saturated heterocycles. The third kappa shape index (κ3) is 10.1. The largest absolute Gasteiger partial charge is 0.483 e. The second-order valence-electron chi connectivity index (χ2n) is 8.76. The number of ether oxygens (including phenoxy) is 2. The number of carbonyl (C=O) groups excluding carboxylic acids is 3. The Hall–Kier alpha value is -3.55. The monoisotopic (exact) mass is 455 g/mol. The van der Waals surface area contributed by atoms with Gasteiger partial charge in [-0.1, -0.05) is 29.8 Å². The van der Waals surface area contributed by atoms with Gasteiger partial charge in [0.1, 0.15) is 11.4 Å². The highest BCUT2D eigenvalue weighted by atomic mass is 16.6. The van der Waals surface area contributed by atoms with Gasteiger partial charge in [-0.15, -0.1) is 0 Å². The van der Waals surface area contributed by atoms with E-state index in [2.05, 4.69) is 16.0 Å². The quantitative estimate of drug-likeness (QED) is 0.533. The summed E-state index contributed by atoms with van der Waals surface area (Å²) in [4.78, 5) is 35.7. The van der Waals surface area contributed by atoms with Gasteiger partial charge in [0.05, 0.1) is 0 Å². The molecule has 2 aromatic carbocycles. The molecular formula is C25H33N3O5. The lowest BCUT2D eigenvalue weighted by Gasteiger charge is -2.19.